The zero-order chi connectivity index (χ0) is 21.1. The average molecular weight is 415 g/mol. The predicted octanol–water partition coefficient (Wildman–Crippen LogP) is 6.13. The van der Waals surface area contributed by atoms with E-state index >= 15 is 0 Å². The Morgan fingerprint density at radius 3 is 2.13 bits per heavy atom. The molecule has 0 aliphatic heterocycles. The molecule has 0 saturated carbocycles. The Morgan fingerprint density at radius 2 is 1.47 bits per heavy atom. The normalized spacial score (nSPS) is 10.9. The molecule has 0 fully saturated rings. The Balaban J connectivity index is 1.69. The molecule has 0 saturated heterocycles. The fraction of sp³-hybridized carbons (Fsp3) is 0.115. The number of rotatable bonds is 6. The summed E-state index contributed by atoms with van der Waals surface area (Å²) in [7, 11) is 0. The summed E-state index contributed by atoms with van der Waals surface area (Å²) in [6.07, 6.45) is 0.766. The minimum absolute atomic E-state index is 0.411. The average Bonchev–Trinajstić information content (AvgIpc) is 3.10. The first-order valence-electron chi connectivity index (χ1n) is 9.94. The molecule has 4 heteroatoms. The van der Waals surface area contributed by atoms with Crippen LogP contribution in [-0.2, 0) is 13.0 Å². The van der Waals surface area contributed by atoms with Crippen molar-refractivity contribution in [3.05, 3.63) is 107 Å². The summed E-state index contributed by atoms with van der Waals surface area (Å²) in [4.78, 5) is 12.0. The SMILES string of the molecule is Cc1c(C(N)=O)cc(-c2ccc(-c3ccccc3)cc2)n1CCc1ccccc1Cl. The summed E-state index contributed by atoms with van der Waals surface area (Å²) < 4.78 is 2.15. The zero-order valence-corrected chi connectivity index (χ0v) is 17.6. The second-order valence-electron chi connectivity index (χ2n) is 7.33. The summed E-state index contributed by atoms with van der Waals surface area (Å²) >= 11 is 6.33. The van der Waals surface area contributed by atoms with Gasteiger partial charge in [-0.3, -0.25) is 4.79 Å². The molecule has 0 atom stereocenters. The number of nitrogens with two attached hydrogens (primary N) is 1. The number of primary amides is 1. The van der Waals surface area contributed by atoms with Crippen molar-refractivity contribution in [1.29, 1.82) is 0 Å². The van der Waals surface area contributed by atoms with Crippen molar-refractivity contribution < 1.29 is 4.79 Å². The van der Waals surface area contributed by atoms with E-state index in [1.54, 1.807) is 0 Å². The van der Waals surface area contributed by atoms with Crippen LogP contribution in [-0.4, -0.2) is 10.5 Å². The van der Waals surface area contributed by atoms with Crippen LogP contribution in [0.3, 0.4) is 0 Å². The van der Waals surface area contributed by atoms with Gasteiger partial charge < -0.3 is 10.3 Å². The Labute approximate surface area is 181 Å². The fourth-order valence-electron chi connectivity index (χ4n) is 3.82. The number of hydrogen-bond donors (Lipinski definition) is 1. The lowest BCUT2D eigenvalue weighted by molar-refractivity contribution is 0.0999. The number of hydrogen-bond acceptors (Lipinski definition) is 1. The molecular formula is C26H23ClN2O. The molecule has 0 aliphatic rings. The molecule has 1 heterocycles. The maximum Gasteiger partial charge on any atom is 0.250 e. The highest BCUT2D eigenvalue weighted by Crippen LogP contribution is 2.29. The molecule has 3 nitrogen and oxygen atoms in total. The largest absolute Gasteiger partial charge is 0.366 e. The maximum absolute atomic E-state index is 12.0. The van der Waals surface area contributed by atoms with Gasteiger partial charge in [0.25, 0.3) is 5.91 Å². The van der Waals surface area contributed by atoms with E-state index in [-0.39, 0.29) is 0 Å². The highest BCUT2D eigenvalue weighted by atomic mass is 35.5. The molecule has 30 heavy (non-hydrogen) atoms. The van der Waals surface area contributed by atoms with Gasteiger partial charge in [0.2, 0.25) is 0 Å². The van der Waals surface area contributed by atoms with Gasteiger partial charge >= 0.3 is 0 Å². The Hall–Kier alpha value is -3.30. The monoisotopic (exact) mass is 414 g/mol. The molecule has 4 rings (SSSR count). The number of carbonyl (C=O) groups excluding carboxylic acids is 1. The lowest BCUT2D eigenvalue weighted by Gasteiger charge is -2.13. The fourth-order valence-corrected chi connectivity index (χ4v) is 4.05. The quantitative estimate of drug-likeness (QED) is 0.405. The molecule has 1 amide bonds. The standard InChI is InChI=1S/C26H23ClN2O/c1-18-23(26(28)30)17-25(29(18)16-15-21-9-5-6-10-24(21)27)22-13-11-20(12-14-22)19-7-3-2-4-8-19/h2-14,17H,15-16H2,1H3,(H2,28,30). The van der Waals surface area contributed by atoms with Gasteiger partial charge in [0, 0.05) is 23.0 Å². The third-order valence-corrected chi connectivity index (χ3v) is 5.85. The number of benzene rings is 3. The lowest BCUT2D eigenvalue weighted by atomic mass is 10.0. The predicted molar refractivity (Wildman–Crippen MR) is 124 cm³/mol. The second-order valence-corrected chi connectivity index (χ2v) is 7.74. The zero-order valence-electron chi connectivity index (χ0n) is 16.8. The van der Waals surface area contributed by atoms with Gasteiger partial charge in [-0.1, -0.05) is 84.4 Å². The van der Waals surface area contributed by atoms with E-state index in [0.717, 1.165) is 39.5 Å². The van der Waals surface area contributed by atoms with E-state index in [0.29, 0.717) is 12.1 Å². The van der Waals surface area contributed by atoms with Crippen LogP contribution in [0.2, 0.25) is 5.02 Å². The van der Waals surface area contributed by atoms with Crippen molar-refractivity contribution in [2.75, 3.05) is 0 Å². The Bertz CT molecular complexity index is 1180. The number of carbonyl (C=O) groups is 1. The van der Waals surface area contributed by atoms with Gasteiger partial charge in [-0.05, 0) is 47.7 Å². The van der Waals surface area contributed by atoms with Crippen LogP contribution in [0.5, 0.6) is 0 Å². The third kappa shape index (κ3) is 4.03. The smallest absolute Gasteiger partial charge is 0.250 e. The number of aromatic nitrogens is 1. The summed E-state index contributed by atoms with van der Waals surface area (Å²) in [6, 6.07) is 28.4. The van der Waals surface area contributed by atoms with Gasteiger partial charge in [0.1, 0.15) is 0 Å². The first kappa shape index (κ1) is 20.0. The number of aryl methyl sites for hydroxylation is 1. The molecule has 0 unspecified atom stereocenters. The molecule has 0 bridgehead atoms. The summed E-state index contributed by atoms with van der Waals surface area (Å²) in [5.41, 5.74) is 12.5. The maximum atomic E-state index is 12.0. The minimum Gasteiger partial charge on any atom is -0.366 e. The number of halogens is 1. The van der Waals surface area contributed by atoms with E-state index in [4.69, 9.17) is 17.3 Å². The van der Waals surface area contributed by atoms with Crippen molar-refractivity contribution in [3.8, 4) is 22.4 Å². The van der Waals surface area contributed by atoms with Gasteiger partial charge in [-0.15, -0.1) is 0 Å². The Kier molecular flexibility index (Phi) is 5.73. The third-order valence-electron chi connectivity index (χ3n) is 5.48. The molecule has 1 aromatic heterocycles. The van der Waals surface area contributed by atoms with Crippen molar-refractivity contribution in [3.63, 3.8) is 0 Å². The molecule has 0 radical (unpaired) electrons. The topological polar surface area (TPSA) is 48.0 Å². The van der Waals surface area contributed by atoms with E-state index in [1.807, 2.05) is 55.5 Å². The van der Waals surface area contributed by atoms with Crippen LogP contribution in [0, 0.1) is 6.92 Å². The van der Waals surface area contributed by atoms with E-state index in [1.165, 1.54) is 5.56 Å². The van der Waals surface area contributed by atoms with Gasteiger partial charge in [-0.25, -0.2) is 0 Å². The summed E-state index contributed by atoms with van der Waals surface area (Å²) in [6.45, 7) is 2.65. The van der Waals surface area contributed by atoms with Crippen LogP contribution in [0.15, 0.2) is 84.9 Å². The van der Waals surface area contributed by atoms with Crippen molar-refractivity contribution >= 4 is 17.5 Å². The van der Waals surface area contributed by atoms with E-state index in [9.17, 15) is 4.79 Å². The summed E-state index contributed by atoms with van der Waals surface area (Å²) in [5.74, 6) is -0.411. The molecule has 3 aromatic carbocycles. The molecule has 150 valence electrons. The van der Waals surface area contributed by atoms with Gasteiger partial charge in [0.15, 0.2) is 0 Å². The first-order valence-corrected chi connectivity index (χ1v) is 10.3. The molecule has 0 aliphatic carbocycles. The molecular weight excluding hydrogens is 392 g/mol. The Morgan fingerprint density at radius 1 is 0.867 bits per heavy atom. The van der Waals surface area contributed by atoms with Crippen LogP contribution in [0.1, 0.15) is 21.6 Å². The van der Waals surface area contributed by atoms with Crippen LogP contribution < -0.4 is 5.73 Å². The van der Waals surface area contributed by atoms with Crippen LogP contribution >= 0.6 is 11.6 Å². The molecule has 2 N–H and O–H groups in total. The van der Waals surface area contributed by atoms with Gasteiger partial charge in [-0.2, -0.15) is 0 Å². The molecule has 0 spiro atoms. The number of amides is 1. The molecule has 4 aromatic rings. The van der Waals surface area contributed by atoms with Crippen molar-refractivity contribution in [1.82, 2.24) is 4.57 Å². The second kappa shape index (κ2) is 8.60. The van der Waals surface area contributed by atoms with Crippen LogP contribution in [0.4, 0.5) is 0 Å². The van der Waals surface area contributed by atoms with E-state index < -0.39 is 5.91 Å². The van der Waals surface area contributed by atoms with Gasteiger partial charge in [0.05, 0.1) is 5.56 Å². The minimum atomic E-state index is -0.411. The van der Waals surface area contributed by atoms with E-state index in [2.05, 4.69) is 41.0 Å². The summed E-state index contributed by atoms with van der Waals surface area (Å²) in [5, 5.41) is 0.756. The van der Waals surface area contributed by atoms with Crippen LogP contribution in [0.25, 0.3) is 22.4 Å². The van der Waals surface area contributed by atoms with Crippen molar-refractivity contribution in [2.45, 2.75) is 19.9 Å². The highest BCUT2D eigenvalue weighted by Gasteiger charge is 2.17. The highest BCUT2D eigenvalue weighted by molar-refractivity contribution is 6.31. The first-order chi connectivity index (χ1) is 14.5. The lowest BCUT2D eigenvalue weighted by Crippen LogP contribution is -2.13. The number of nitrogens with zero attached hydrogens (tertiary/aromatic N) is 1. The van der Waals surface area contributed by atoms with Crippen molar-refractivity contribution in [2.24, 2.45) is 5.73 Å².